The Labute approximate surface area is 139 Å². The van der Waals surface area contributed by atoms with E-state index in [-0.39, 0.29) is 5.41 Å². The van der Waals surface area contributed by atoms with E-state index in [2.05, 4.69) is 12.8 Å². The maximum atomic E-state index is 11.8. The average Bonchev–Trinajstić information content (AvgIpc) is 2.88. The number of allylic oxidation sites excluding steroid dienone is 2. The standard InChI is InChI=1S/C21H28O2/c1-3-20-11-9-17-16-8-6-15(22)13-14(16)5-7-18(17)19(20)10-12-21(20,23)4-2/h2,17-19,23H,3,5-13H2,1H3/t17-,18+,19+,20-,21-/m0/s1. The van der Waals surface area contributed by atoms with Gasteiger partial charge >= 0.3 is 0 Å². The van der Waals surface area contributed by atoms with Gasteiger partial charge in [0.15, 0.2) is 0 Å². The Morgan fingerprint density at radius 2 is 2.04 bits per heavy atom. The summed E-state index contributed by atoms with van der Waals surface area (Å²) in [6, 6.07) is 0. The van der Waals surface area contributed by atoms with Gasteiger partial charge in [-0.05, 0) is 69.1 Å². The Morgan fingerprint density at radius 1 is 1.22 bits per heavy atom. The van der Waals surface area contributed by atoms with Gasteiger partial charge in [0, 0.05) is 18.3 Å². The summed E-state index contributed by atoms with van der Waals surface area (Å²) in [4.78, 5) is 11.8. The fraction of sp³-hybridized carbons (Fsp3) is 0.762. The van der Waals surface area contributed by atoms with Gasteiger partial charge in [-0.25, -0.2) is 0 Å². The van der Waals surface area contributed by atoms with Gasteiger partial charge in [-0.1, -0.05) is 24.0 Å². The minimum absolute atomic E-state index is 0.0640. The van der Waals surface area contributed by atoms with E-state index < -0.39 is 5.60 Å². The van der Waals surface area contributed by atoms with Gasteiger partial charge in [0.2, 0.25) is 0 Å². The molecule has 4 aliphatic rings. The zero-order valence-electron chi connectivity index (χ0n) is 14.2. The second kappa shape index (κ2) is 5.21. The SMILES string of the molecule is C#C[C@]1(O)CC[C@@H]2[C@@H]3CCC4=C(CCC(=O)C4)[C@@H]3CC[C@@]21CC. The molecule has 23 heavy (non-hydrogen) atoms. The zero-order chi connectivity index (χ0) is 16.2. The largest absolute Gasteiger partial charge is 0.377 e. The van der Waals surface area contributed by atoms with Crippen LogP contribution >= 0.6 is 0 Å². The van der Waals surface area contributed by atoms with Gasteiger partial charge in [-0.15, -0.1) is 6.42 Å². The molecule has 0 aromatic heterocycles. The molecule has 2 heteroatoms. The third-order valence-electron chi connectivity index (χ3n) is 7.92. The van der Waals surface area contributed by atoms with Crippen molar-refractivity contribution in [2.45, 2.75) is 76.7 Å². The lowest BCUT2D eigenvalue weighted by Gasteiger charge is -2.54. The van der Waals surface area contributed by atoms with Crippen molar-refractivity contribution in [3.8, 4) is 12.3 Å². The molecule has 0 unspecified atom stereocenters. The number of carbonyl (C=O) groups excluding carboxylic acids is 1. The first-order chi connectivity index (χ1) is 11.0. The van der Waals surface area contributed by atoms with E-state index >= 15 is 0 Å². The molecule has 5 atom stereocenters. The predicted octanol–water partition coefficient (Wildman–Crippen LogP) is 4.03. The van der Waals surface area contributed by atoms with E-state index in [0.29, 0.717) is 23.5 Å². The van der Waals surface area contributed by atoms with E-state index in [1.165, 1.54) is 12.0 Å². The van der Waals surface area contributed by atoms with Crippen LogP contribution < -0.4 is 0 Å². The van der Waals surface area contributed by atoms with Crippen LogP contribution in [0.5, 0.6) is 0 Å². The maximum Gasteiger partial charge on any atom is 0.137 e. The van der Waals surface area contributed by atoms with Gasteiger partial charge in [0.25, 0.3) is 0 Å². The summed E-state index contributed by atoms with van der Waals surface area (Å²) < 4.78 is 0. The molecule has 0 bridgehead atoms. The first-order valence-electron chi connectivity index (χ1n) is 9.47. The number of hydrogen-bond donors (Lipinski definition) is 1. The third-order valence-corrected chi connectivity index (χ3v) is 7.92. The normalized spacial score (nSPS) is 46.0. The van der Waals surface area contributed by atoms with Crippen molar-refractivity contribution >= 4 is 5.78 Å². The Balaban J connectivity index is 1.69. The van der Waals surface area contributed by atoms with Crippen molar-refractivity contribution in [3.05, 3.63) is 11.1 Å². The molecular weight excluding hydrogens is 284 g/mol. The van der Waals surface area contributed by atoms with E-state index in [1.54, 1.807) is 5.57 Å². The molecule has 4 rings (SSSR count). The van der Waals surface area contributed by atoms with Crippen LogP contribution in [0.4, 0.5) is 0 Å². The highest BCUT2D eigenvalue weighted by Crippen LogP contribution is 2.65. The van der Waals surface area contributed by atoms with Crippen LogP contribution in [0, 0.1) is 35.5 Å². The van der Waals surface area contributed by atoms with Gasteiger partial charge in [0.1, 0.15) is 11.4 Å². The lowest BCUT2D eigenvalue weighted by molar-refractivity contribution is -0.119. The second-order valence-corrected chi connectivity index (χ2v) is 8.35. The molecule has 0 aliphatic heterocycles. The smallest absolute Gasteiger partial charge is 0.137 e. The van der Waals surface area contributed by atoms with Crippen molar-refractivity contribution in [2.24, 2.45) is 23.2 Å². The van der Waals surface area contributed by atoms with Crippen LogP contribution in [-0.4, -0.2) is 16.5 Å². The Hall–Kier alpha value is -1.07. The highest BCUT2D eigenvalue weighted by atomic mass is 16.3. The number of fused-ring (bicyclic) bond motifs is 4. The van der Waals surface area contributed by atoms with Crippen LogP contribution in [0.25, 0.3) is 0 Å². The van der Waals surface area contributed by atoms with Crippen LogP contribution in [0.1, 0.15) is 71.1 Å². The topological polar surface area (TPSA) is 37.3 Å². The summed E-state index contributed by atoms with van der Waals surface area (Å²) in [5.41, 5.74) is 2.14. The molecular formula is C21H28O2. The summed E-state index contributed by atoms with van der Waals surface area (Å²) in [5.74, 6) is 5.13. The van der Waals surface area contributed by atoms with Crippen molar-refractivity contribution < 1.29 is 9.90 Å². The maximum absolute atomic E-state index is 11.8. The molecule has 0 aromatic carbocycles. The molecule has 2 nitrogen and oxygen atoms in total. The van der Waals surface area contributed by atoms with Gasteiger partial charge in [-0.3, -0.25) is 4.79 Å². The molecule has 2 saturated carbocycles. The summed E-state index contributed by atoms with van der Waals surface area (Å²) in [5, 5.41) is 11.1. The summed E-state index contributed by atoms with van der Waals surface area (Å²) >= 11 is 0. The molecule has 4 aliphatic carbocycles. The number of carbonyl (C=O) groups is 1. The summed E-state index contributed by atoms with van der Waals surface area (Å²) in [7, 11) is 0. The molecule has 2 fully saturated rings. The molecule has 0 spiro atoms. The fourth-order valence-corrected chi connectivity index (χ4v) is 6.83. The van der Waals surface area contributed by atoms with Gasteiger partial charge in [-0.2, -0.15) is 0 Å². The van der Waals surface area contributed by atoms with Gasteiger partial charge < -0.3 is 5.11 Å². The fourth-order valence-electron chi connectivity index (χ4n) is 6.83. The van der Waals surface area contributed by atoms with Crippen LogP contribution in [0.3, 0.4) is 0 Å². The number of hydrogen-bond acceptors (Lipinski definition) is 2. The quantitative estimate of drug-likeness (QED) is 0.586. The molecule has 124 valence electrons. The summed E-state index contributed by atoms with van der Waals surface area (Å²) in [6.07, 6.45) is 15.6. The molecule has 0 aromatic rings. The monoisotopic (exact) mass is 312 g/mol. The van der Waals surface area contributed by atoms with Crippen LogP contribution in [-0.2, 0) is 4.79 Å². The van der Waals surface area contributed by atoms with E-state index in [1.807, 2.05) is 0 Å². The molecule has 0 amide bonds. The van der Waals surface area contributed by atoms with E-state index in [0.717, 1.165) is 57.8 Å². The average molecular weight is 312 g/mol. The minimum atomic E-state index is -0.894. The van der Waals surface area contributed by atoms with Gasteiger partial charge in [0.05, 0.1) is 0 Å². The van der Waals surface area contributed by atoms with Crippen molar-refractivity contribution in [2.75, 3.05) is 0 Å². The van der Waals surface area contributed by atoms with Crippen LogP contribution in [0.15, 0.2) is 11.1 Å². The van der Waals surface area contributed by atoms with E-state index in [4.69, 9.17) is 6.42 Å². The Bertz CT molecular complexity index is 610. The molecule has 1 N–H and O–H groups in total. The van der Waals surface area contributed by atoms with Crippen molar-refractivity contribution in [1.82, 2.24) is 0 Å². The highest BCUT2D eigenvalue weighted by molar-refractivity contribution is 5.82. The number of rotatable bonds is 1. The minimum Gasteiger partial charge on any atom is -0.377 e. The van der Waals surface area contributed by atoms with E-state index in [9.17, 15) is 9.90 Å². The zero-order valence-corrected chi connectivity index (χ0v) is 14.2. The van der Waals surface area contributed by atoms with Crippen molar-refractivity contribution in [3.63, 3.8) is 0 Å². The first-order valence-corrected chi connectivity index (χ1v) is 9.47. The predicted molar refractivity (Wildman–Crippen MR) is 90.6 cm³/mol. The third kappa shape index (κ3) is 1.96. The first kappa shape index (κ1) is 15.5. The molecule has 0 radical (unpaired) electrons. The van der Waals surface area contributed by atoms with Crippen LogP contribution in [0.2, 0.25) is 0 Å². The second-order valence-electron chi connectivity index (χ2n) is 8.35. The Morgan fingerprint density at radius 3 is 2.78 bits per heavy atom. The Kier molecular flexibility index (Phi) is 3.50. The number of aliphatic hydroxyl groups is 1. The summed E-state index contributed by atoms with van der Waals surface area (Å²) in [6.45, 7) is 2.22. The number of terminal acetylenes is 1. The lowest BCUT2D eigenvalue weighted by Crippen LogP contribution is -2.52. The number of Topliss-reactive ketones (excluding diaryl/α,β-unsaturated/α-hetero) is 1. The number of ketones is 1. The highest BCUT2D eigenvalue weighted by Gasteiger charge is 2.62. The lowest BCUT2D eigenvalue weighted by atomic mass is 9.51. The molecule has 0 saturated heterocycles. The molecule has 0 heterocycles. The van der Waals surface area contributed by atoms with Crippen molar-refractivity contribution in [1.29, 1.82) is 0 Å².